The molecule has 6 rings (SSSR count). The summed E-state index contributed by atoms with van der Waals surface area (Å²) in [6.07, 6.45) is 0. The first-order valence-corrected chi connectivity index (χ1v) is 15.4. The van der Waals surface area contributed by atoms with Gasteiger partial charge in [0.2, 0.25) is 5.67 Å². The third-order valence-electron chi connectivity index (χ3n) is 6.13. The molecule has 0 unspecified atom stereocenters. The molecule has 3 aromatic heterocycles. The largest absolute Gasteiger partial charge is 0.242 e. The second-order valence-corrected chi connectivity index (χ2v) is 12.3. The summed E-state index contributed by atoms with van der Waals surface area (Å²) in [6.45, 7) is 0. The minimum Gasteiger partial charge on any atom is -0.242 e. The molecule has 0 aliphatic rings. The quantitative estimate of drug-likeness (QED) is 0.167. The van der Waals surface area contributed by atoms with Crippen molar-refractivity contribution in [2.75, 3.05) is 0 Å². The molecule has 3 aromatic carbocycles. The first-order chi connectivity index (χ1) is 20.2. The maximum Gasteiger partial charge on any atom is 0.236 e. The monoisotopic (exact) mass is 589 g/mol. The van der Waals surface area contributed by atoms with Gasteiger partial charge in [-0.2, -0.15) is 0 Å². The zero-order chi connectivity index (χ0) is 27.9. The Bertz CT molecular complexity index is 1530. The van der Waals surface area contributed by atoms with Crippen molar-refractivity contribution in [2.45, 2.75) is 35.4 Å². The predicted octanol–water partition coefficient (Wildman–Crippen LogP) is 9.59. The minimum atomic E-state index is -2.19. The van der Waals surface area contributed by atoms with Crippen LogP contribution in [0.5, 0.6) is 0 Å². The molecule has 7 heteroatoms. The molecule has 0 amide bonds. The Morgan fingerprint density at radius 1 is 0.366 bits per heavy atom. The fraction of sp³-hybridized carbons (Fsp3) is 0.0294. The van der Waals surface area contributed by atoms with Crippen molar-refractivity contribution in [2.24, 2.45) is 0 Å². The molecular formula is C34H24FN3S3. The van der Waals surface area contributed by atoms with Gasteiger partial charge in [-0.05, 0) is 72.8 Å². The Hall–Kier alpha value is -3.91. The molecule has 3 nitrogen and oxygen atoms in total. The molecule has 41 heavy (non-hydrogen) atoms. The highest BCUT2D eigenvalue weighted by atomic mass is 32.2. The Morgan fingerprint density at radius 3 is 0.951 bits per heavy atom. The smallest absolute Gasteiger partial charge is 0.236 e. The number of halogens is 1. The van der Waals surface area contributed by atoms with Crippen LogP contribution in [-0.2, 0) is 5.67 Å². The first-order valence-electron chi connectivity index (χ1n) is 13.0. The van der Waals surface area contributed by atoms with Crippen LogP contribution in [-0.4, -0.2) is 15.0 Å². The molecule has 6 aromatic rings. The van der Waals surface area contributed by atoms with Crippen LogP contribution >= 0.6 is 35.3 Å². The first kappa shape index (κ1) is 27.3. The molecular weight excluding hydrogens is 566 g/mol. The molecule has 200 valence electrons. The molecule has 0 saturated heterocycles. The van der Waals surface area contributed by atoms with Gasteiger partial charge in [0.1, 0.15) is 15.1 Å². The predicted molar refractivity (Wildman–Crippen MR) is 165 cm³/mol. The van der Waals surface area contributed by atoms with Crippen molar-refractivity contribution in [3.8, 4) is 0 Å². The number of alkyl halides is 1. The molecule has 0 atom stereocenters. The third kappa shape index (κ3) is 6.54. The number of rotatable bonds is 9. The van der Waals surface area contributed by atoms with Crippen LogP contribution in [0, 0.1) is 0 Å². The van der Waals surface area contributed by atoms with Gasteiger partial charge in [-0.15, -0.1) is 0 Å². The molecule has 0 fully saturated rings. The zero-order valence-corrected chi connectivity index (χ0v) is 24.3. The van der Waals surface area contributed by atoms with E-state index in [1.807, 2.05) is 127 Å². The van der Waals surface area contributed by atoms with Gasteiger partial charge in [0.05, 0.1) is 17.1 Å². The van der Waals surface area contributed by atoms with Gasteiger partial charge in [0, 0.05) is 14.7 Å². The van der Waals surface area contributed by atoms with E-state index in [1.54, 1.807) is 18.2 Å². The number of nitrogens with zero attached hydrogens (tertiary/aromatic N) is 3. The lowest BCUT2D eigenvalue weighted by Gasteiger charge is -2.25. The molecule has 0 saturated carbocycles. The summed E-state index contributed by atoms with van der Waals surface area (Å²) in [6, 6.07) is 46.2. The highest BCUT2D eigenvalue weighted by Gasteiger charge is 2.41. The van der Waals surface area contributed by atoms with Crippen molar-refractivity contribution in [1.82, 2.24) is 15.0 Å². The van der Waals surface area contributed by atoms with E-state index >= 15 is 4.39 Å². The van der Waals surface area contributed by atoms with Crippen LogP contribution in [0.4, 0.5) is 4.39 Å². The number of aromatic nitrogens is 3. The van der Waals surface area contributed by atoms with E-state index in [0.717, 1.165) is 14.7 Å². The highest BCUT2D eigenvalue weighted by molar-refractivity contribution is 7.99. The van der Waals surface area contributed by atoms with Crippen molar-refractivity contribution >= 4 is 35.3 Å². The summed E-state index contributed by atoms with van der Waals surface area (Å²) in [7, 11) is 0. The second-order valence-electron chi connectivity index (χ2n) is 8.99. The van der Waals surface area contributed by atoms with E-state index in [0.29, 0.717) is 15.1 Å². The van der Waals surface area contributed by atoms with Gasteiger partial charge >= 0.3 is 0 Å². The van der Waals surface area contributed by atoms with Crippen LogP contribution in [0.1, 0.15) is 17.1 Å². The fourth-order valence-electron chi connectivity index (χ4n) is 4.21. The average molecular weight is 590 g/mol. The Labute approximate surface area is 251 Å². The Morgan fingerprint density at radius 2 is 0.659 bits per heavy atom. The van der Waals surface area contributed by atoms with E-state index in [2.05, 4.69) is 0 Å². The fourth-order valence-corrected chi connectivity index (χ4v) is 6.69. The average Bonchev–Trinajstić information content (AvgIpc) is 3.03. The van der Waals surface area contributed by atoms with Crippen LogP contribution < -0.4 is 0 Å². The van der Waals surface area contributed by atoms with E-state index in [-0.39, 0.29) is 17.1 Å². The molecule has 0 aliphatic carbocycles. The van der Waals surface area contributed by atoms with Crippen LogP contribution in [0.3, 0.4) is 0 Å². The van der Waals surface area contributed by atoms with Gasteiger partial charge in [-0.1, -0.05) is 108 Å². The third-order valence-corrected chi connectivity index (χ3v) is 8.96. The lowest BCUT2D eigenvalue weighted by atomic mass is 9.92. The molecule has 0 radical (unpaired) electrons. The molecule has 3 heterocycles. The van der Waals surface area contributed by atoms with Crippen LogP contribution in [0.15, 0.2) is 175 Å². The summed E-state index contributed by atoms with van der Waals surface area (Å²) in [5.74, 6) is 0. The molecule has 0 spiro atoms. The van der Waals surface area contributed by atoms with Gasteiger partial charge in [-0.25, -0.2) is 19.3 Å². The zero-order valence-electron chi connectivity index (χ0n) is 21.8. The molecule has 0 aliphatic heterocycles. The van der Waals surface area contributed by atoms with Crippen molar-refractivity contribution in [1.29, 1.82) is 0 Å². The second kappa shape index (κ2) is 12.7. The van der Waals surface area contributed by atoms with Gasteiger partial charge in [0.15, 0.2) is 0 Å². The van der Waals surface area contributed by atoms with Gasteiger partial charge < -0.3 is 0 Å². The Kier molecular flexibility index (Phi) is 8.46. The minimum absolute atomic E-state index is 0.238. The number of benzene rings is 3. The van der Waals surface area contributed by atoms with Gasteiger partial charge in [0.25, 0.3) is 0 Å². The van der Waals surface area contributed by atoms with Crippen molar-refractivity contribution < 1.29 is 4.39 Å². The van der Waals surface area contributed by atoms with Crippen LogP contribution in [0.25, 0.3) is 0 Å². The summed E-state index contributed by atoms with van der Waals surface area (Å²) >= 11 is 4.47. The number of hydrogen-bond donors (Lipinski definition) is 0. The summed E-state index contributed by atoms with van der Waals surface area (Å²) in [5, 5.41) is 2.08. The Balaban J connectivity index is 1.44. The van der Waals surface area contributed by atoms with Crippen molar-refractivity contribution in [3.05, 3.63) is 163 Å². The van der Waals surface area contributed by atoms with Crippen molar-refractivity contribution in [3.63, 3.8) is 0 Å². The summed E-state index contributed by atoms with van der Waals surface area (Å²) in [5.41, 5.74) is -1.47. The van der Waals surface area contributed by atoms with E-state index in [9.17, 15) is 0 Å². The SMILES string of the molecule is FC(c1cccc(Sc2ccccc2)n1)(c1cccc(Sc2ccccc2)n1)c1cccc(Sc2ccccc2)n1. The lowest BCUT2D eigenvalue weighted by molar-refractivity contribution is 0.255. The molecule has 0 bridgehead atoms. The maximum absolute atomic E-state index is 17.9. The summed E-state index contributed by atoms with van der Waals surface area (Å²) < 4.78 is 17.9. The maximum atomic E-state index is 17.9. The standard InChI is InChI=1S/C34H24FN3S3/c35-34(28-19-10-22-31(36-28)39-25-13-4-1-5-14-25,29-20-11-23-32(37-29)40-26-15-6-2-7-16-26)30-21-12-24-33(38-30)41-27-17-8-3-9-18-27/h1-24H. The topological polar surface area (TPSA) is 38.7 Å². The van der Waals surface area contributed by atoms with E-state index in [1.165, 1.54) is 35.3 Å². The lowest BCUT2D eigenvalue weighted by Crippen LogP contribution is -2.28. The number of hydrogen-bond acceptors (Lipinski definition) is 6. The summed E-state index contributed by atoms with van der Waals surface area (Å²) in [4.78, 5) is 17.5. The van der Waals surface area contributed by atoms with E-state index in [4.69, 9.17) is 15.0 Å². The normalized spacial score (nSPS) is 11.3. The van der Waals surface area contributed by atoms with Gasteiger partial charge in [-0.3, -0.25) is 0 Å². The van der Waals surface area contributed by atoms with Crippen LogP contribution in [0.2, 0.25) is 0 Å². The highest BCUT2D eigenvalue weighted by Crippen LogP contribution is 2.41. The van der Waals surface area contributed by atoms with E-state index < -0.39 is 5.67 Å². The number of pyridine rings is 3. The molecule has 0 N–H and O–H groups in total.